The molecule has 2 aromatic rings. The van der Waals surface area contributed by atoms with Gasteiger partial charge in [-0.2, -0.15) is 15.0 Å². The van der Waals surface area contributed by atoms with E-state index in [0.29, 0.717) is 24.1 Å². The Bertz CT molecular complexity index is 581. The zero-order chi connectivity index (χ0) is 15.8. The number of hydrogen-bond acceptors (Lipinski definition) is 6. The van der Waals surface area contributed by atoms with E-state index in [1.165, 1.54) is 4.90 Å². The SMILES string of the molecule is CCCN(CSc1ccccc1)c1nc(N)nc(CCCl)n1. The number of thioether (sulfide) groups is 1. The molecule has 2 rings (SSSR count). The lowest BCUT2D eigenvalue weighted by Gasteiger charge is -2.22. The molecule has 1 aromatic heterocycles. The molecule has 0 saturated heterocycles. The summed E-state index contributed by atoms with van der Waals surface area (Å²) in [6.07, 6.45) is 1.60. The smallest absolute Gasteiger partial charge is 0.231 e. The van der Waals surface area contributed by atoms with Gasteiger partial charge in [-0.25, -0.2) is 0 Å². The Balaban J connectivity index is 2.12. The average Bonchev–Trinajstić information content (AvgIpc) is 2.52. The maximum Gasteiger partial charge on any atom is 0.231 e. The van der Waals surface area contributed by atoms with Crippen molar-refractivity contribution in [3.05, 3.63) is 36.2 Å². The topological polar surface area (TPSA) is 67.9 Å². The zero-order valence-corrected chi connectivity index (χ0v) is 14.1. The second kappa shape index (κ2) is 8.80. The fraction of sp³-hybridized carbons (Fsp3) is 0.400. The second-order valence-corrected chi connectivity index (χ2v) is 6.09. The predicted molar refractivity (Wildman–Crippen MR) is 93.5 cm³/mol. The summed E-state index contributed by atoms with van der Waals surface area (Å²) in [5, 5.41) is 0. The Hall–Kier alpha value is -1.53. The van der Waals surface area contributed by atoms with E-state index in [0.717, 1.165) is 18.8 Å². The van der Waals surface area contributed by atoms with Gasteiger partial charge in [0.15, 0.2) is 0 Å². The number of rotatable bonds is 8. The van der Waals surface area contributed by atoms with Gasteiger partial charge in [0.2, 0.25) is 11.9 Å². The minimum absolute atomic E-state index is 0.246. The van der Waals surface area contributed by atoms with Crippen LogP contribution in [0.4, 0.5) is 11.9 Å². The van der Waals surface area contributed by atoms with Crippen LogP contribution >= 0.6 is 23.4 Å². The van der Waals surface area contributed by atoms with Gasteiger partial charge in [0.1, 0.15) is 5.82 Å². The summed E-state index contributed by atoms with van der Waals surface area (Å²) in [7, 11) is 0. The fourth-order valence-electron chi connectivity index (χ4n) is 1.92. The normalized spacial score (nSPS) is 10.6. The summed E-state index contributed by atoms with van der Waals surface area (Å²) in [6.45, 7) is 2.99. The molecule has 0 aliphatic heterocycles. The quantitative estimate of drug-likeness (QED) is 0.453. The van der Waals surface area contributed by atoms with E-state index in [2.05, 4.69) is 38.9 Å². The van der Waals surface area contributed by atoms with Gasteiger partial charge in [0, 0.05) is 23.7 Å². The van der Waals surface area contributed by atoms with Crippen molar-refractivity contribution in [1.82, 2.24) is 15.0 Å². The molecule has 0 spiro atoms. The van der Waals surface area contributed by atoms with Crippen LogP contribution in [0.5, 0.6) is 0 Å². The Morgan fingerprint density at radius 3 is 2.64 bits per heavy atom. The van der Waals surface area contributed by atoms with E-state index < -0.39 is 0 Å². The summed E-state index contributed by atoms with van der Waals surface area (Å²) >= 11 is 7.51. The van der Waals surface area contributed by atoms with Crippen LogP contribution < -0.4 is 10.6 Å². The highest BCUT2D eigenvalue weighted by Crippen LogP contribution is 2.21. The molecule has 0 aliphatic rings. The fourth-order valence-corrected chi connectivity index (χ4v) is 2.99. The number of nitrogens with two attached hydrogens (primary N) is 1. The van der Waals surface area contributed by atoms with Crippen LogP contribution in [-0.2, 0) is 6.42 Å². The van der Waals surface area contributed by atoms with Crippen molar-refractivity contribution < 1.29 is 0 Å². The molecule has 2 N–H and O–H groups in total. The zero-order valence-electron chi connectivity index (χ0n) is 12.6. The number of aromatic nitrogens is 3. The summed E-state index contributed by atoms with van der Waals surface area (Å²) in [5.74, 6) is 2.74. The van der Waals surface area contributed by atoms with Crippen LogP contribution in [0.15, 0.2) is 35.2 Å². The number of alkyl halides is 1. The maximum absolute atomic E-state index is 5.79. The number of nitrogen functional groups attached to an aromatic ring is 1. The Kier molecular flexibility index (Phi) is 6.74. The minimum Gasteiger partial charge on any atom is -0.368 e. The molecular weight excluding hydrogens is 318 g/mol. The molecule has 0 radical (unpaired) electrons. The number of benzene rings is 1. The highest BCUT2D eigenvalue weighted by Gasteiger charge is 2.12. The molecule has 0 saturated carbocycles. The van der Waals surface area contributed by atoms with Crippen LogP contribution in [0.1, 0.15) is 19.2 Å². The Morgan fingerprint density at radius 1 is 1.18 bits per heavy atom. The first kappa shape index (κ1) is 16.8. The summed E-state index contributed by atoms with van der Waals surface area (Å²) in [4.78, 5) is 16.2. The number of aryl methyl sites for hydroxylation is 1. The number of anilines is 2. The van der Waals surface area contributed by atoms with Crippen molar-refractivity contribution in [2.75, 3.05) is 28.9 Å². The van der Waals surface area contributed by atoms with Crippen molar-refractivity contribution in [3.63, 3.8) is 0 Å². The average molecular weight is 338 g/mol. The van der Waals surface area contributed by atoms with E-state index in [-0.39, 0.29) is 5.95 Å². The van der Waals surface area contributed by atoms with E-state index in [9.17, 15) is 0 Å². The molecular formula is C15H20ClN5S. The lowest BCUT2D eigenvalue weighted by Crippen LogP contribution is -2.26. The highest BCUT2D eigenvalue weighted by molar-refractivity contribution is 7.99. The molecule has 0 atom stereocenters. The van der Waals surface area contributed by atoms with E-state index in [4.69, 9.17) is 17.3 Å². The van der Waals surface area contributed by atoms with Crippen molar-refractivity contribution in [3.8, 4) is 0 Å². The summed E-state index contributed by atoms with van der Waals surface area (Å²) < 4.78 is 0. The van der Waals surface area contributed by atoms with Crippen LogP contribution in [0.25, 0.3) is 0 Å². The van der Waals surface area contributed by atoms with Crippen LogP contribution in [-0.4, -0.2) is 33.3 Å². The molecule has 1 aromatic carbocycles. The molecule has 22 heavy (non-hydrogen) atoms. The number of halogens is 1. The second-order valence-electron chi connectivity index (χ2n) is 4.70. The molecule has 0 aliphatic carbocycles. The molecule has 118 valence electrons. The standard InChI is InChI=1S/C15H20ClN5S/c1-2-10-21(11-22-12-6-4-3-5-7-12)15-19-13(8-9-16)18-14(17)20-15/h3-7H,2,8-11H2,1H3,(H2,17,18,19,20). The van der Waals surface area contributed by atoms with Gasteiger partial charge in [-0.1, -0.05) is 25.1 Å². The largest absolute Gasteiger partial charge is 0.368 e. The van der Waals surface area contributed by atoms with E-state index in [1.807, 2.05) is 18.2 Å². The van der Waals surface area contributed by atoms with Crippen molar-refractivity contribution in [2.45, 2.75) is 24.7 Å². The first-order chi connectivity index (χ1) is 10.7. The maximum atomic E-state index is 5.79. The van der Waals surface area contributed by atoms with Gasteiger partial charge in [-0.3, -0.25) is 0 Å². The van der Waals surface area contributed by atoms with Crippen molar-refractivity contribution in [1.29, 1.82) is 0 Å². The van der Waals surface area contributed by atoms with Gasteiger partial charge >= 0.3 is 0 Å². The van der Waals surface area contributed by atoms with Gasteiger partial charge in [-0.15, -0.1) is 23.4 Å². The van der Waals surface area contributed by atoms with Crippen LogP contribution in [0.2, 0.25) is 0 Å². The number of nitrogens with zero attached hydrogens (tertiary/aromatic N) is 4. The molecule has 0 amide bonds. The van der Waals surface area contributed by atoms with Gasteiger partial charge in [0.05, 0.1) is 5.88 Å². The Morgan fingerprint density at radius 2 is 1.95 bits per heavy atom. The van der Waals surface area contributed by atoms with E-state index >= 15 is 0 Å². The molecule has 1 heterocycles. The summed E-state index contributed by atoms with van der Waals surface area (Å²) in [5.41, 5.74) is 5.79. The summed E-state index contributed by atoms with van der Waals surface area (Å²) in [6, 6.07) is 10.3. The first-order valence-corrected chi connectivity index (χ1v) is 8.74. The third-order valence-corrected chi connectivity index (χ3v) is 4.15. The van der Waals surface area contributed by atoms with E-state index in [1.54, 1.807) is 11.8 Å². The lowest BCUT2D eigenvalue weighted by molar-refractivity contribution is 0.786. The van der Waals surface area contributed by atoms with Gasteiger partial charge in [0.25, 0.3) is 0 Å². The third kappa shape index (κ3) is 5.03. The number of hydrogen-bond donors (Lipinski definition) is 1. The third-order valence-electron chi connectivity index (χ3n) is 2.91. The first-order valence-electron chi connectivity index (χ1n) is 7.22. The van der Waals surface area contributed by atoms with Gasteiger partial charge < -0.3 is 10.6 Å². The molecule has 7 heteroatoms. The molecule has 5 nitrogen and oxygen atoms in total. The monoisotopic (exact) mass is 337 g/mol. The van der Waals surface area contributed by atoms with Crippen molar-refractivity contribution >= 4 is 35.3 Å². The lowest BCUT2D eigenvalue weighted by atomic mass is 10.4. The predicted octanol–water partition coefficient (Wildman–Crippen LogP) is 3.20. The highest BCUT2D eigenvalue weighted by atomic mass is 35.5. The van der Waals surface area contributed by atoms with Crippen molar-refractivity contribution in [2.24, 2.45) is 0 Å². The molecule has 0 unspecified atom stereocenters. The van der Waals surface area contributed by atoms with Crippen LogP contribution in [0, 0.1) is 0 Å². The molecule has 0 fully saturated rings. The molecule has 0 bridgehead atoms. The Labute approximate surface area is 140 Å². The van der Waals surface area contributed by atoms with Gasteiger partial charge in [-0.05, 0) is 18.6 Å². The van der Waals surface area contributed by atoms with Crippen LogP contribution in [0.3, 0.4) is 0 Å². The minimum atomic E-state index is 0.246.